The van der Waals surface area contributed by atoms with Gasteiger partial charge in [-0.3, -0.25) is 9.69 Å². The zero-order valence-corrected chi connectivity index (χ0v) is 15.2. The number of nitrogens with two attached hydrogens (primary N) is 1. The molecule has 2 aromatic rings. The zero-order valence-electron chi connectivity index (χ0n) is 13.6. The Labute approximate surface area is 150 Å². The maximum absolute atomic E-state index is 12.5. The lowest BCUT2D eigenvalue weighted by Gasteiger charge is -2.46. The van der Waals surface area contributed by atoms with Crippen LogP contribution in [0.2, 0.25) is 0 Å². The van der Waals surface area contributed by atoms with Crippen LogP contribution < -0.4 is 5.14 Å². The van der Waals surface area contributed by atoms with Gasteiger partial charge in [0.15, 0.2) is 0 Å². The summed E-state index contributed by atoms with van der Waals surface area (Å²) >= 11 is 1.83. The molecule has 8 heteroatoms. The van der Waals surface area contributed by atoms with Crippen molar-refractivity contribution in [2.24, 2.45) is 5.14 Å². The Morgan fingerprint density at radius 1 is 1.16 bits per heavy atom. The number of likely N-dealkylation sites (tertiary alicyclic amines) is 1. The summed E-state index contributed by atoms with van der Waals surface area (Å²) in [6.07, 6.45) is 1.09. The summed E-state index contributed by atoms with van der Waals surface area (Å²) in [4.78, 5) is 18.3. The van der Waals surface area contributed by atoms with Crippen molar-refractivity contribution in [3.8, 4) is 0 Å². The van der Waals surface area contributed by atoms with Gasteiger partial charge in [-0.05, 0) is 47.7 Å². The number of hydrogen-bond acceptors (Lipinski definition) is 5. The Morgan fingerprint density at radius 3 is 2.56 bits per heavy atom. The first kappa shape index (κ1) is 16.7. The molecule has 6 nitrogen and oxygen atoms in total. The van der Waals surface area contributed by atoms with E-state index in [1.165, 1.54) is 34.7 Å². The van der Waals surface area contributed by atoms with Gasteiger partial charge in [-0.25, -0.2) is 13.6 Å². The van der Waals surface area contributed by atoms with Crippen LogP contribution in [-0.4, -0.2) is 49.8 Å². The largest absolute Gasteiger partial charge is 0.335 e. The van der Waals surface area contributed by atoms with Crippen molar-refractivity contribution in [2.45, 2.75) is 23.9 Å². The maximum Gasteiger partial charge on any atom is 0.253 e. The fourth-order valence-electron chi connectivity index (χ4n) is 3.40. The second kappa shape index (κ2) is 6.21. The predicted octanol–water partition coefficient (Wildman–Crippen LogP) is 1.28. The molecule has 1 amide bonds. The van der Waals surface area contributed by atoms with Crippen molar-refractivity contribution >= 4 is 27.3 Å². The van der Waals surface area contributed by atoms with Gasteiger partial charge in [0.25, 0.3) is 5.91 Å². The average Bonchev–Trinajstić information content (AvgIpc) is 3.00. The molecule has 25 heavy (non-hydrogen) atoms. The molecule has 2 aliphatic rings. The van der Waals surface area contributed by atoms with Gasteiger partial charge in [0.1, 0.15) is 0 Å². The van der Waals surface area contributed by atoms with Crippen LogP contribution in [0.15, 0.2) is 40.6 Å². The highest BCUT2D eigenvalue weighted by atomic mass is 32.2. The predicted molar refractivity (Wildman–Crippen MR) is 95.9 cm³/mol. The summed E-state index contributed by atoms with van der Waals surface area (Å²) in [7, 11) is -3.73. The summed E-state index contributed by atoms with van der Waals surface area (Å²) in [5, 5.41) is 7.23. The first-order valence-corrected chi connectivity index (χ1v) is 10.6. The Kier molecular flexibility index (Phi) is 4.15. The van der Waals surface area contributed by atoms with Gasteiger partial charge in [0, 0.05) is 42.7 Å². The van der Waals surface area contributed by atoms with E-state index in [-0.39, 0.29) is 10.8 Å². The molecule has 0 saturated carbocycles. The molecule has 3 heterocycles. The lowest BCUT2D eigenvalue weighted by Crippen LogP contribution is -2.61. The summed E-state index contributed by atoms with van der Waals surface area (Å²) in [5.74, 6) is -0.0644. The van der Waals surface area contributed by atoms with Gasteiger partial charge < -0.3 is 4.90 Å². The Balaban J connectivity index is 1.37. The number of thiophene rings is 1. The minimum atomic E-state index is -3.73. The fourth-order valence-corrected chi connectivity index (χ4v) is 4.81. The Hall–Kier alpha value is -1.74. The Morgan fingerprint density at radius 2 is 1.88 bits per heavy atom. The second-order valence-electron chi connectivity index (χ2n) is 6.52. The maximum atomic E-state index is 12.5. The summed E-state index contributed by atoms with van der Waals surface area (Å²) in [5.41, 5.74) is 1.91. The zero-order chi connectivity index (χ0) is 17.6. The van der Waals surface area contributed by atoms with Crippen molar-refractivity contribution in [3.63, 3.8) is 0 Å². The van der Waals surface area contributed by atoms with Gasteiger partial charge in [-0.15, -0.1) is 11.3 Å². The number of benzene rings is 1. The number of hydrogen-bond donors (Lipinski definition) is 1. The van der Waals surface area contributed by atoms with Crippen molar-refractivity contribution in [3.05, 3.63) is 51.7 Å². The van der Waals surface area contributed by atoms with E-state index in [1.54, 1.807) is 4.90 Å². The van der Waals surface area contributed by atoms with Crippen LogP contribution in [0.5, 0.6) is 0 Å². The monoisotopic (exact) mass is 377 g/mol. The van der Waals surface area contributed by atoms with Gasteiger partial charge in [0.2, 0.25) is 10.0 Å². The molecule has 1 saturated heterocycles. The molecule has 132 valence electrons. The highest BCUT2D eigenvalue weighted by molar-refractivity contribution is 7.89. The topological polar surface area (TPSA) is 83.7 Å². The van der Waals surface area contributed by atoms with E-state index < -0.39 is 10.0 Å². The highest BCUT2D eigenvalue weighted by Gasteiger charge is 2.36. The molecular formula is C17H19N3O3S2. The van der Waals surface area contributed by atoms with E-state index in [2.05, 4.69) is 16.3 Å². The molecule has 0 atom stereocenters. The van der Waals surface area contributed by atoms with E-state index in [9.17, 15) is 13.2 Å². The molecule has 1 aromatic heterocycles. The van der Waals surface area contributed by atoms with Crippen LogP contribution >= 0.6 is 11.3 Å². The molecule has 0 spiro atoms. The third-order valence-electron chi connectivity index (χ3n) is 4.93. The molecule has 4 rings (SSSR count). The number of amides is 1. The summed E-state index contributed by atoms with van der Waals surface area (Å²) in [6, 6.07) is 8.40. The van der Waals surface area contributed by atoms with Crippen molar-refractivity contribution in [2.75, 3.05) is 19.6 Å². The third-order valence-corrected chi connectivity index (χ3v) is 6.89. The van der Waals surface area contributed by atoms with E-state index in [0.717, 1.165) is 32.6 Å². The van der Waals surface area contributed by atoms with E-state index in [1.807, 2.05) is 11.3 Å². The van der Waals surface area contributed by atoms with E-state index in [0.29, 0.717) is 11.6 Å². The van der Waals surface area contributed by atoms with Crippen molar-refractivity contribution < 1.29 is 13.2 Å². The number of fused-ring (bicyclic) bond motifs is 1. The SMILES string of the molecule is NS(=O)(=O)c1ccc(C(=O)N2CC(N3CCc4sccc4C3)C2)cc1. The van der Waals surface area contributed by atoms with Crippen LogP contribution in [-0.2, 0) is 23.0 Å². The highest BCUT2D eigenvalue weighted by Crippen LogP contribution is 2.28. The molecule has 2 N–H and O–H groups in total. The molecule has 0 radical (unpaired) electrons. The lowest BCUT2D eigenvalue weighted by atomic mass is 10.0. The third kappa shape index (κ3) is 3.22. The number of carbonyl (C=O) groups is 1. The van der Waals surface area contributed by atoms with Crippen molar-refractivity contribution in [1.29, 1.82) is 0 Å². The minimum Gasteiger partial charge on any atom is -0.335 e. The summed E-state index contributed by atoms with van der Waals surface area (Å²) < 4.78 is 22.6. The van der Waals surface area contributed by atoms with Crippen molar-refractivity contribution in [1.82, 2.24) is 9.80 Å². The van der Waals surface area contributed by atoms with Gasteiger partial charge in [-0.2, -0.15) is 0 Å². The standard InChI is InChI=1S/C17H19N3O3S2/c18-25(22,23)15-3-1-12(2-4-15)17(21)20-10-14(11-20)19-7-5-16-13(9-19)6-8-24-16/h1-4,6,8,14H,5,7,9-11H2,(H2,18,22,23). The first-order chi connectivity index (χ1) is 11.9. The summed E-state index contributed by atoms with van der Waals surface area (Å²) in [6.45, 7) is 3.45. The minimum absolute atomic E-state index is 0.0189. The van der Waals surface area contributed by atoms with Gasteiger partial charge in [0.05, 0.1) is 4.90 Å². The van der Waals surface area contributed by atoms with Gasteiger partial charge >= 0.3 is 0 Å². The molecular weight excluding hydrogens is 358 g/mol. The lowest BCUT2D eigenvalue weighted by molar-refractivity contribution is 0.0221. The average molecular weight is 377 g/mol. The number of sulfonamides is 1. The number of nitrogens with zero attached hydrogens (tertiary/aromatic N) is 2. The number of primary sulfonamides is 1. The molecule has 2 aliphatic heterocycles. The molecule has 1 aromatic carbocycles. The van der Waals surface area contributed by atoms with E-state index in [4.69, 9.17) is 5.14 Å². The number of rotatable bonds is 3. The molecule has 0 bridgehead atoms. The quantitative estimate of drug-likeness (QED) is 0.873. The van der Waals surface area contributed by atoms with Gasteiger partial charge in [-0.1, -0.05) is 0 Å². The van der Waals surface area contributed by atoms with E-state index >= 15 is 0 Å². The van der Waals surface area contributed by atoms with Crippen LogP contribution in [0.25, 0.3) is 0 Å². The molecule has 0 aliphatic carbocycles. The van der Waals surface area contributed by atoms with Crippen LogP contribution in [0.3, 0.4) is 0 Å². The Bertz CT molecular complexity index is 899. The smallest absolute Gasteiger partial charge is 0.253 e. The fraction of sp³-hybridized carbons (Fsp3) is 0.353. The van der Waals surface area contributed by atoms with Crippen LogP contribution in [0, 0.1) is 0 Å². The van der Waals surface area contributed by atoms with Crippen LogP contribution in [0.1, 0.15) is 20.8 Å². The molecule has 1 fully saturated rings. The second-order valence-corrected chi connectivity index (χ2v) is 9.08. The first-order valence-electron chi connectivity index (χ1n) is 8.13. The van der Waals surface area contributed by atoms with Crippen LogP contribution in [0.4, 0.5) is 0 Å². The number of carbonyl (C=O) groups excluding carboxylic acids is 1. The normalized spacial score (nSPS) is 18.7. The molecule has 0 unspecified atom stereocenters.